The SMILES string of the molecule is C1=Cc2ccccc2C1.CCO.CCO.CCO.CCO.[Zr]. The molecule has 0 spiro atoms. The van der Waals surface area contributed by atoms with Crippen LogP contribution in [0.5, 0.6) is 0 Å². The summed E-state index contributed by atoms with van der Waals surface area (Å²) in [6.07, 6.45) is 5.50. The van der Waals surface area contributed by atoms with Crippen molar-refractivity contribution in [1.82, 2.24) is 0 Å². The number of aliphatic hydroxyl groups excluding tert-OH is 4. The Morgan fingerprint density at radius 2 is 1.14 bits per heavy atom. The summed E-state index contributed by atoms with van der Waals surface area (Å²) in [6, 6.07) is 8.49. The maximum atomic E-state index is 7.57. The first kappa shape index (κ1) is 29.7. The van der Waals surface area contributed by atoms with Crippen LogP contribution in [-0.4, -0.2) is 46.9 Å². The zero-order valence-corrected chi connectivity index (χ0v) is 16.7. The van der Waals surface area contributed by atoms with Crippen molar-refractivity contribution in [1.29, 1.82) is 0 Å². The molecule has 0 fully saturated rings. The molecule has 4 nitrogen and oxygen atoms in total. The maximum Gasteiger partial charge on any atom is 0.0402 e. The Bertz CT molecular complexity index is 309. The minimum atomic E-state index is 0. The van der Waals surface area contributed by atoms with E-state index in [1.54, 1.807) is 27.7 Å². The van der Waals surface area contributed by atoms with Crippen LogP contribution in [0.15, 0.2) is 30.3 Å². The summed E-state index contributed by atoms with van der Waals surface area (Å²) in [5.41, 5.74) is 2.84. The van der Waals surface area contributed by atoms with Gasteiger partial charge in [0.25, 0.3) is 0 Å². The van der Waals surface area contributed by atoms with E-state index in [1.807, 2.05) is 0 Å². The summed E-state index contributed by atoms with van der Waals surface area (Å²) in [5, 5.41) is 30.3. The molecule has 0 bridgehead atoms. The number of hydrogen-bond donors (Lipinski definition) is 4. The third-order valence-electron chi connectivity index (χ3n) is 1.69. The van der Waals surface area contributed by atoms with Gasteiger partial charge in [0, 0.05) is 52.6 Å². The third kappa shape index (κ3) is 24.7. The van der Waals surface area contributed by atoms with Gasteiger partial charge in [-0.05, 0) is 45.2 Å². The summed E-state index contributed by atoms with van der Waals surface area (Å²) in [7, 11) is 0. The monoisotopic (exact) mass is 390 g/mol. The zero-order chi connectivity index (χ0) is 16.9. The van der Waals surface area contributed by atoms with Crippen LogP contribution in [0.4, 0.5) is 0 Å². The van der Waals surface area contributed by atoms with Crippen molar-refractivity contribution in [3.8, 4) is 0 Å². The first-order valence-electron chi connectivity index (χ1n) is 7.30. The van der Waals surface area contributed by atoms with Crippen LogP contribution in [0.25, 0.3) is 6.08 Å². The van der Waals surface area contributed by atoms with E-state index >= 15 is 0 Å². The molecule has 1 aliphatic rings. The van der Waals surface area contributed by atoms with Crippen molar-refractivity contribution in [2.24, 2.45) is 0 Å². The van der Waals surface area contributed by atoms with Crippen molar-refractivity contribution in [2.45, 2.75) is 34.1 Å². The van der Waals surface area contributed by atoms with Gasteiger partial charge in [-0.2, -0.15) is 0 Å². The van der Waals surface area contributed by atoms with Crippen LogP contribution in [0.1, 0.15) is 38.8 Å². The Morgan fingerprint density at radius 1 is 0.773 bits per heavy atom. The number of allylic oxidation sites excluding steroid dienone is 1. The van der Waals surface area contributed by atoms with Crippen LogP contribution in [-0.2, 0) is 32.6 Å². The molecule has 0 aromatic heterocycles. The minimum absolute atomic E-state index is 0. The van der Waals surface area contributed by atoms with E-state index in [0.717, 1.165) is 6.42 Å². The summed E-state index contributed by atoms with van der Waals surface area (Å²) >= 11 is 0. The molecule has 0 aliphatic heterocycles. The van der Waals surface area contributed by atoms with Crippen molar-refractivity contribution in [3.05, 3.63) is 41.5 Å². The maximum absolute atomic E-state index is 7.57. The fourth-order valence-corrected chi connectivity index (χ4v) is 1.20. The third-order valence-corrected chi connectivity index (χ3v) is 1.69. The van der Waals surface area contributed by atoms with Gasteiger partial charge in [0.2, 0.25) is 0 Å². The molecule has 1 aromatic rings. The van der Waals surface area contributed by atoms with Gasteiger partial charge in [0.05, 0.1) is 0 Å². The Balaban J connectivity index is -0.000000107. The first-order valence-corrected chi connectivity index (χ1v) is 7.30. The molecular weight excluding hydrogens is 359 g/mol. The van der Waals surface area contributed by atoms with E-state index < -0.39 is 0 Å². The summed E-state index contributed by atoms with van der Waals surface area (Å²) in [4.78, 5) is 0. The summed E-state index contributed by atoms with van der Waals surface area (Å²) < 4.78 is 0. The van der Waals surface area contributed by atoms with Crippen LogP contribution >= 0.6 is 0 Å². The molecule has 0 saturated heterocycles. The molecule has 1 aliphatic carbocycles. The largest absolute Gasteiger partial charge is 0.397 e. The molecule has 0 unspecified atom stereocenters. The smallest absolute Gasteiger partial charge is 0.0402 e. The number of hydrogen-bond acceptors (Lipinski definition) is 4. The van der Waals surface area contributed by atoms with Gasteiger partial charge in [-0.1, -0.05) is 36.4 Å². The van der Waals surface area contributed by atoms with Gasteiger partial charge >= 0.3 is 0 Å². The average molecular weight is 392 g/mol. The molecule has 1 aromatic carbocycles. The predicted octanol–water partition coefficient (Wildman–Crippen LogP) is 2.25. The summed E-state index contributed by atoms with van der Waals surface area (Å²) in [5.74, 6) is 0. The molecule has 0 heterocycles. The van der Waals surface area contributed by atoms with Crippen molar-refractivity contribution in [3.63, 3.8) is 0 Å². The Kier molecular flexibility index (Phi) is 38.8. The molecule has 2 rings (SSSR count). The van der Waals surface area contributed by atoms with Crippen LogP contribution in [0.3, 0.4) is 0 Å². The molecule has 22 heavy (non-hydrogen) atoms. The van der Waals surface area contributed by atoms with E-state index in [4.69, 9.17) is 20.4 Å². The quantitative estimate of drug-likeness (QED) is 0.547. The van der Waals surface area contributed by atoms with Crippen LogP contribution in [0, 0.1) is 0 Å². The second-order valence-electron chi connectivity index (χ2n) is 3.57. The second-order valence-corrected chi connectivity index (χ2v) is 3.57. The molecular formula is C17H32O4Zr. The van der Waals surface area contributed by atoms with Crippen LogP contribution in [0.2, 0.25) is 0 Å². The number of aliphatic hydroxyl groups is 4. The molecule has 4 N–H and O–H groups in total. The van der Waals surface area contributed by atoms with Crippen molar-refractivity contribution in [2.75, 3.05) is 26.4 Å². The van der Waals surface area contributed by atoms with E-state index in [0.29, 0.717) is 0 Å². The van der Waals surface area contributed by atoms with Gasteiger partial charge in [-0.3, -0.25) is 0 Å². The number of rotatable bonds is 0. The van der Waals surface area contributed by atoms with Gasteiger partial charge in [-0.15, -0.1) is 0 Å². The topological polar surface area (TPSA) is 80.9 Å². The van der Waals surface area contributed by atoms with Crippen LogP contribution < -0.4 is 0 Å². The van der Waals surface area contributed by atoms with Crippen molar-refractivity contribution < 1.29 is 46.6 Å². The molecule has 0 saturated carbocycles. The molecule has 0 radical (unpaired) electrons. The van der Waals surface area contributed by atoms with Gasteiger partial charge in [0.15, 0.2) is 0 Å². The Morgan fingerprint density at radius 3 is 1.50 bits per heavy atom. The average Bonchev–Trinajstić information content (AvgIpc) is 2.90. The predicted molar refractivity (Wildman–Crippen MR) is 90.2 cm³/mol. The molecule has 5 heteroatoms. The molecule has 128 valence electrons. The number of benzene rings is 1. The fourth-order valence-electron chi connectivity index (χ4n) is 1.20. The number of fused-ring (bicyclic) bond motifs is 1. The molecule has 0 atom stereocenters. The fraction of sp³-hybridized carbons (Fsp3) is 0.529. The first-order chi connectivity index (χ1) is 10.1. The normalized spacial score (nSPS) is 8.91. The Hall–Kier alpha value is -0.317. The van der Waals surface area contributed by atoms with Gasteiger partial charge in [-0.25, -0.2) is 0 Å². The molecule has 0 amide bonds. The zero-order valence-electron chi connectivity index (χ0n) is 14.3. The van der Waals surface area contributed by atoms with Gasteiger partial charge in [0.1, 0.15) is 0 Å². The Labute approximate surface area is 154 Å². The minimum Gasteiger partial charge on any atom is -0.397 e. The second kappa shape index (κ2) is 28.8. The van der Waals surface area contributed by atoms with E-state index in [1.165, 1.54) is 11.1 Å². The van der Waals surface area contributed by atoms with E-state index in [2.05, 4.69) is 36.4 Å². The standard InChI is InChI=1S/C9H8.4C2H6O.Zr/c1-2-5-9-7-3-6-8(9)4-1;4*1-2-3;/h1-6H,7H2;4*3H,2H2,1H3;. The van der Waals surface area contributed by atoms with Crippen molar-refractivity contribution >= 4 is 6.08 Å². The van der Waals surface area contributed by atoms with Gasteiger partial charge < -0.3 is 20.4 Å². The van der Waals surface area contributed by atoms with E-state index in [-0.39, 0.29) is 52.6 Å². The summed E-state index contributed by atoms with van der Waals surface area (Å²) in [6.45, 7) is 7.72. The van der Waals surface area contributed by atoms with E-state index in [9.17, 15) is 0 Å².